The lowest BCUT2D eigenvalue weighted by atomic mass is 10.5. The summed E-state index contributed by atoms with van der Waals surface area (Å²) in [4.78, 5) is 0. The zero-order chi connectivity index (χ0) is 18.5. The first kappa shape index (κ1) is 25.9. The summed E-state index contributed by atoms with van der Waals surface area (Å²) in [5.74, 6) is -1.68. The first-order valence-electron chi connectivity index (χ1n) is 8.43. The van der Waals surface area contributed by atoms with Crippen molar-refractivity contribution < 1.29 is 38.6 Å². The summed E-state index contributed by atoms with van der Waals surface area (Å²) >= 11 is 0. The molecule has 0 spiro atoms. The number of hydrogen-bond acceptors (Lipinski definition) is 8. The SMILES string of the molecule is CCCOCCOCCOC.CCOC(O)(COCCO)OCC. The molecule has 0 aromatic rings. The Kier molecular flexibility index (Phi) is 22.4. The van der Waals surface area contributed by atoms with Gasteiger partial charge in [0.1, 0.15) is 6.61 Å². The highest BCUT2D eigenvalue weighted by Crippen LogP contribution is 2.09. The maximum Gasteiger partial charge on any atom is 0.305 e. The minimum atomic E-state index is -1.68. The molecule has 2 N–H and O–H groups in total. The molecule has 24 heavy (non-hydrogen) atoms. The molecule has 0 atom stereocenters. The van der Waals surface area contributed by atoms with Crippen LogP contribution in [0.4, 0.5) is 0 Å². The summed E-state index contributed by atoms with van der Waals surface area (Å²) in [5.41, 5.74) is 0. The van der Waals surface area contributed by atoms with Gasteiger partial charge in [-0.25, -0.2) is 0 Å². The first-order valence-corrected chi connectivity index (χ1v) is 8.43. The van der Waals surface area contributed by atoms with Crippen LogP contribution >= 0.6 is 0 Å². The quantitative estimate of drug-likeness (QED) is 0.310. The first-order chi connectivity index (χ1) is 11.6. The topological polar surface area (TPSA) is 95.8 Å². The molecule has 0 unspecified atom stereocenters. The lowest BCUT2D eigenvalue weighted by Crippen LogP contribution is -2.41. The Morgan fingerprint density at radius 2 is 1.29 bits per heavy atom. The van der Waals surface area contributed by atoms with E-state index in [-0.39, 0.29) is 19.8 Å². The van der Waals surface area contributed by atoms with Crippen molar-refractivity contribution in [3.05, 3.63) is 0 Å². The van der Waals surface area contributed by atoms with Gasteiger partial charge in [-0.1, -0.05) is 6.92 Å². The zero-order valence-electron chi connectivity index (χ0n) is 15.6. The summed E-state index contributed by atoms with van der Waals surface area (Å²) in [5, 5.41) is 18.0. The Labute approximate surface area is 145 Å². The predicted molar refractivity (Wildman–Crippen MR) is 89.9 cm³/mol. The molecule has 0 amide bonds. The summed E-state index contributed by atoms with van der Waals surface area (Å²) in [7, 11) is 1.66. The van der Waals surface area contributed by atoms with Crippen LogP contribution in [0.3, 0.4) is 0 Å². The minimum absolute atomic E-state index is 0.0890. The van der Waals surface area contributed by atoms with Crippen LogP contribution in [0, 0.1) is 0 Å². The van der Waals surface area contributed by atoms with Crippen LogP contribution in [0.25, 0.3) is 0 Å². The molecule has 0 radical (unpaired) electrons. The van der Waals surface area contributed by atoms with Crippen LogP contribution < -0.4 is 0 Å². The highest BCUT2D eigenvalue weighted by molar-refractivity contribution is 4.51. The van der Waals surface area contributed by atoms with E-state index in [1.54, 1.807) is 21.0 Å². The Morgan fingerprint density at radius 1 is 0.750 bits per heavy atom. The standard InChI is InChI=1S/C8H18O5.C8H18O3/c1-3-12-8(10,13-4-2)7-11-6-5-9;1-3-4-10-7-8-11-6-5-9-2/h9-10H,3-7H2,1-2H3;3-8H2,1-2H3. The van der Waals surface area contributed by atoms with Crippen molar-refractivity contribution in [1.82, 2.24) is 0 Å². The molecule has 0 aliphatic carbocycles. The van der Waals surface area contributed by atoms with Gasteiger partial charge in [-0.05, 0) is 20.3 Å². The lowest BCUT2D eigenvalue weighted by molar-refractivity contribution is -0.373. The maximum absolute atomic E-state index is 9.59. The Bertz CT molecular complexity index is 214. The third kappa shape index (κ3) is 19.7. The fraction of sp³-hybridized carbons (Fsp3) is 1.00. The van der Waals surface area contributed by atoms with Crippen molar-refractivity contribution in [2.45, 2.75) is 33.2 Å². The van der Waals surface area contributed by atoms with Gasteiger partial charge in [-0.2, -0.15) is 0 Å². The number of rotatable bonds is 16. The van der Waals surface area contributed by atoms with E-state index in [4.69, 9.17) is 33.5 Å². The van der Waals surface area contributed by atoms with Crippen molar-refractivity contribution in [3.8, 4) is 0 Å². The number of aliphatic hydroxyl groups excluding tert-OH is 1. The molecule has 0 heterocycles. The van der Waals surface area contributed by atoms with Gasteiger partial charge in [0.05, 0.1) is 39.6 Å². The number of aliphatic hydroxyl groups is 2. The van der Waals surface area contributed by atoms with Gasteiger partial charge in [0.25, 0.3) is 0 Å². The molecule has 0 fully saturated rings. The minimum Gasteiger partial charge on any atom is -0.394 e. The van der Waals surface area contributed by atoms with Gasteiger partial charge in [-0.15, -0.1) is 0 Å². The Hall–Kier alpha value is -0.320. The largest absolute Gasteiger partial charge is 0.394 e. The fourth-order valence-electron chi connectivity index (χ4n) is 1.45. The van der Waals surface area contributed by atoms with Crippen molar-refractivity contribution in [2.75, 3.05) is 73.2 Å². The highest BCUT2D eigenvalue weighted by Gasteiger charge is 2.28. The van der Waals surface area contributed by atoms with E-state index in [0.29, 0.717) is 39.6 Å². The van der Waals surface area contributed by atoms with Crippen LogP contribution in [0.15, 0.2) is 0 Å². The van der Waals surface area contributed by atoms with Crippen LogP contribution in [-0.2, 0) is 28.4 Å². The van der Waals surface area contributed by atoms with E-state index in [9.17, 15) is 5.11 Å². The molecule has 8 heteroatoms. The van der Waals surface area contributed by atoms with Crippen LogP contribution in [0.2, 0.25) is 0 Å². The molecule has 0 rings (SSSR count). The van der Waals surface area contributed by atoms with Crippen molar-refractivity contribution >= 4 is 0 Å². The van der Waals surface area contributed by atoms with Crippen molar-refractivity contribution in [1.29, 1.82) is 0 Å². The second-order valence-corrected chi connectivity index (χ2v) is 4.57. The molecule has 0 aliphatic heterocycles. The molecule has 0 aromatic carbocycles. The molecule has 0 bridgehead atoms. The van der Waals surface area contributed by atoms with Gasteiger partial charge in [0.2, 0.25) is 0 Å². The molecular weight excluding hydrogens is 320 g/mol. The molecule has 148 valence electrons. The smallest absolute Gasteiger partial charge is 0.305 e. The summed E-state index contributed by atoms with van der Waals surface area (Å²) < 4.78 is 30.0. The molecule has 0 saturated heterocycles. The highest BCUT2D eigenvalue weighted by atomic mass is 16.8. The van der Waals surface area contributed by atoms with Gasteiger partial charge in [0.15, 0.2) is 0 Å². The predicted octanol–water partition coefficient (Wildman–Crippen LogP) is 0.790. The van der Waals surface area contributed by atoms with E-state index in [1.165, 1.54) is 0 Å². The maximum atomic E-state index is 9.59. The Balaban J connectivity index is 0. The molecule has 0 aliphatic rings. The number of ether oxygens (including phenoxy) is 6. The van der Waals surface area contributed by atoms with E-state index in [2.05, 4.69) is 6.92 Å². The third-order valence-electron chi connectivity index (χ3n) is 2.41. The van der Waals surface area contributed by atoms with Gasteiger partial charge < -0.3 is 38.6 Å². The molecular formula is C16H36O8. The van der Waals surface area contributed by atoms with E-state index in [0.717, 1.165) is 13.0 Å². The van der Waals surface area contributed by atoms with Crippen LogP contribution in [-0.4, -0.2) is 89.4 Å². The van der Waals surface area contributed by atoms with Crippen LogP contribution in [0.5, 0.6) is 0 Å². The van der Waals surface area contributed by atoms with Gasteiger partial charge >= 0.3 is 5.97 Å². The third-order valence-corrected chi connectivity index (χ3v) is 2.41. The monoisotopic (exact) mass is 356 g/mol. The van der Waals surface area contributed by atoms with Crippen molar-refractivity contribution in [2.24, 2.45) is 0 Å². The van der Waals surface area contributed by atoms with Gasteiger partial charge in [-0.3, -0.25) is 0 Å². The fourth-order valence-corrected chi connectivity index (χ4v) is 1.45. The average molecular weight is 356 g/mol. The second-order valence-electron chi connectivity index (χ2n) is 4.57. The molecule has 8 nitrogen and oxygen atoms in total. The normalized spacial score (nSPS) is 11.2. The Morgan fingerprint density at radius 3 is 1.75 bits per heavy atom. The number of methoxy groups -OCH3 is 1. The van der Waals surface area contributed by atoms with Crippen LogP contribution in [0.1, 0.15) is 27.2 Å². The summed E-state index contributed by atoms with van der Waals surface area (Å²) in [6.07, 6.45) is 1.07. The zero-order valence-corrected chi connectivity index (χ0v) is 15.6. The van der Waals surface area contributed by atoms with Crippen molar-refractivity contribution in [3.63, 3.8) is 0 Å². The summed E-state index contributed by atoms with van der Waals surface area (Å²) in [6, 6.07) is 0. The van der Waals surface area contributed by atoms with Gasteiger partial charge in [0, 0.05) is 26.9 Å². The molecule has 0 saturated carbocycles. The molecule has 0 aromatic heterocycles. The van der Waals surface area contributed by atoms with E-state index >= 15 is 0 Å². The van der Waals surface area contributed by atoms with E-state index < -0.39 is 5.97 Å². The number of hydrogen-bond donors (Lipinski definition) is 2. The lowest BCUT2D eigenvalue weighted by Gasteiger charge is -2.26. The van der Waals surface area contributed by atoms with E-state index in [1.807, 2.05) is 0 Å². The summed E-state index contributed by atoms with van der Waals surface area (Å²) in [6.45, 7) is 9.72. The average Bonchev–Trinajstić information content (AvgIpc) is 2.55. The second kappa shape index (κ2) is 20.7.